The van der Waals surface area contributed by atoms with Crippen LogP contribution >= 0.6 is 11.8 Å². The lowest BCUT2D eigenvalue weighted by molar-refractivity contribution is -0.137. The van der Waals surface area contributed by atoms with Gasteiger partial charge in [0.1, 0.15) is 6.54 Å². The monoisotopic (exact) mass is 496 g/mol. The zero-order valence-electron chi connectivity index (χ0n) is 18.6. The Morgan fingerprint density at radius 1 is 1.11 bits per heavy atom. The van der Waals surface area contributed by atoms with Crippen LogP contribution in [0, 0.1) is 22.7 Å². The number of nitriles is 2. The molecule has 1 aliphatic heterocycles. The van der Waals surface area contributed by atoms with Crippen molar-refractivity contribution in [3.8, 4) is 12.1 Å². The van der Waals surface area contributed by atoms with E-state index in [9.17, 15) is 33.3 Å². The van der Waals surface area contributed by atoms with E-state index in [4.69, 9.17) is 0 Å². The Kier molecular flexibility index (Phi) is 6.60. The highest BCUT2D eigenvalue weighted by atomic mass is 32.2. The molecule has 2 aliphatic rings. The number of amides is 2. The maximum absolute atomic E-state index is 13.8. The van der Waals surface area contributed by atoms with Gasteiger partial charge in [-0.2, -0.15) is 23.7 Å². The molecule has 178 valence electrons. The first-order chi connectivity index (χ1) is 16.7. The summed E-state index contributed by atoms with van der Waals surface area (Å²) in [5, 5.41) is 18.8. The summed E-state index contributed by atoms with van der Waals surface area (Å²) in [6.45, 7) is -0.378. The summed E-state index contributed by atoms with van der Waals surface area (Å²) in [7, 11) is 0. The predicted molar refractivity (Wildman–Crippen MR) is 123 cm³/mol. The molecule has 4 rings (SSSR count). The fraction of sp³-hybridized carbons (Fsp3) is 0.280. The number of thioether (sulfide) groups is 1. The van der Waals surface area contributed by atoms with E-state index in [1.54, 1.807) is 24.5 Å². The summed E-state index contributed by atoms with van der Waals surface area (Å²) in [5.74, 6) is -0.222. The van der Waals surface area contributed by atoms with Crippen molar-refractivity contribution in [1.82, 2.24) is 4.90 Å². The van der Waals surface area contributed by atoms with Gasteiger partial charge in [-0.15, -0.1) is 11.8 Å². The zero-order valence-corrected chi connectivity index (χ0v) is 19.4. The number of nitrogens with zero attached hydrogens (tertiary/aromatic N) is 4. The van der Waals surface area contributed by atoms with Gasteiger partial charge in [-0.3, -0.25) is 14.6 Å². The van der Waals surface area contributed by atoms with Crippen molar-refractivity contribution in [1.29, 1.82) is 10.5 Å². The van der Waals surface area contributed by atoms with Gasteiger partial charge in [0.15, 0.2) is 5.78 Å². The molecule has 0 saturated carbocycles. The standard InChI is InChI=1S/C25H19F3N4O2S/c1-35-21-12-15(14-30)8-9-18(21)23-22-19(6-3-7-20(22)33)32(24(34)31(23)11-10-29)17-5-2-4-16(13-17)25(26,27)28/h2,4-5,8-9,12-13,23H,3,6-7,11H2,1H3/t23-/m1/s1. The quantitative estimate of drug-likeness (QED) is 0.394. The summed E-state index contributed by atoms with van der Waals surface area (Å²) in [6, 6.07) is 11.7. The molecule has 35 heavy (non-hydrogen) atoms. The van der Waals surface area contributed by atoms with Gasteiger partial charge in [-0.1, -0.05) is 12.1 Å². The van der Waals surface area contributed by atoms with Gasteiger partial charge in [0.05, 0.1) is 35.0 Å². The molecule has 1 aliphatic carbocycles. The third-order valence-electron chi connectivity index (χ3n) is 6.05. The molecule has 0 radical (unpaired) electrons. The molecule has 0 fully saturated rings. The van der Waals surface area contributed by atoms with E-state index in [1.807, 2.05) is 6.07 Å². The molecule has 0 bridgehead atoms. The summed E-state index contributed by atoms with van der Waals surface area (Å²) >= 11 is 1.34. The number of benzene rings is 2. The lowest BCUT2D eigenvalue weighted by atomic mass is 9.83. The number of urea groups is 1. The van der Waals surface area contributed by atoms with Crippen LogP contribution in [0.1, 0.15) is 42.0 Å². The van der Waals surface area contributed by atoms with Crippen LogP contribution < -0.4 is 4.90 Å². The van der Waals surface area contributed by atoms with E-state index < -0.39 is 23.8 Å². The molecule has 0 unspecified atom stereocenters. The largest absolute Gasteiger partial charge is 0.416 e. The van der Waals surface area contributed by atoms with Gasteiger partial charge >= 0.3 is 12.2 Å². The highest BCUT2D eigenvalue weighted by Crippen LogP contribution is 2.46. The maximum Gasteiger partial charge on any atom is 0.416 e. The number of hydrogen-bond donors (Lipinski definition) is 0. The Morgan fingerprint density at radius 3 is 2.54 bits per heavy atom. The molecular weight excluding hydrogens is 477 g/mol. The molecule has 0 saturated heterocycles. The van der Waals surface area contributed by atoms with E-state index in [0.29, 0.717) is 40.1 Å². The lowest BCUT2D eigenvalue weighted by Crippen LogP contribution is -2.52. The van der Waals surface area contributed by atoms with Gasteiger partial charge in [-0.05, 0) is 55.0 Å². The van der Waals surface area contributed by atoms with E-state index in [-0.39, 0.29) is 24.4 Å². The number of carbonyl (C=O) groups excluding carboxylic acids is 2. The van der Waals surface area contributed by atoms with Crippen molar-refractivity contribution in [2.75, 3.05) is 17.7 Å². The Morgan fingerprint density at radius 2 is 1.89 bits per heavy atom. The van der Waals surface area contributed by atoms with E-state index in [0.717, 1.165) is 17.0 Å². The average molecular weight is 497 g/mol. The Balaban J connectivity index is 1.97. The minimum absolute atomic E-state index is 0.0154. The van der Waals surface area contributed by atoms with Crippen LogP contribution in [0.5, 0.6) is 0 Å². The molecule has 1 heterocycles. The van der Waals surface area contributed by atoms with E-state index in [1.165, 1.54) is 28.8 Å². The first kappa shape index (κ1) is 24.4. The second-order valence-corrected chi connectivity index (χ2v) is 8.91. The second-order valence-electron chi connectivity index (χ2n) is 8.06. The van der Waals surface area contributed by atoms with Gasteiger partial charge in [0.25, 0.3) is 0 Å². The fourth-order valence-electron chi connectivity index (χ4n) is 4.55. The number of halogens is 3. The van der Waals surface area contributed by atoms with Crippen LogP contribution in [0.2, 0.25) is 0 Å². The minimum Gasteiger partial charge on any atom is -0.299 e. The molecular formula is C25H19F3N4O2S. The van der Waals surface area contributed by atoms with E-state index >= 15 is 0 Å². The number of alkyl halides is 3. The van der Waals surface area contributed by atoms with Crippen molar-refractivity contribution in [3.05, 3.63) is 70.4 Å². The molecule has 0 spiro atoms. The second kappa shape index (κ2) is 9.47. The molecule has 0 aromatic heterocycles. The highest BCUT2D eigenvalue weighted by molar-refractivity contribution is 7.98. The van der Waals surface area contributed by atoms with Crippen molar-refractivity contribution in [3.63, 3.8) is 0 Å². The molecule has 10 heteroatoms. The first-order valence-corrected chi connectivity index (χ1v) is 11.9. The molecule has 2 aromatic rings. The molecule has 2 aromatic carbocycles. The summed E-state index contributed by atoms with van der Waals surface area (Å²) < 4.78 is 40.2. The number of carbonyl (C=O) groups is 2. The molecule has 2 amide bonds. The van der Waals surface area contributed by atoms with E-state index in [2.05, 4.69) is 6.07 Å². The first-order valence-electron chi connectivity index (χ1n) is 10.7. The summed E-state index contributed by atoms with van der Waals surface area (Å²) in [5.41, 5.74) is 0.703. The average Bonchev–Trinajstić information content (AvgIpc) is 2.84. The topological polar surface area (TPSA) is 88.2 Å². The number of ketones is 1. The van der Waals surface area contributed by atoms with Crippen LogP contribution in [0.3, 0.4) is 0 Å². The molecule has 1 atom stereocenters. The minimum atomic E-state index is -4.61. The molecule has 0 N–H and O–H groups in total. The summed E-state index contributed by atoms with van der Waals surface area (Å²) in [4.78, 5) is 30.0. The Labute approximate surface area is 204 Å². The third-order valence-corrected chi connectivity index (χ3v) is 6.84. The van der Waals surface area contributed by atoms with Crippen molar-refractivity contribution in [2.24, 2.45) is 0 Å². The van der Waals surface area contributed by atoms with Gasteiger partial charge in [-0.25, -0.2) is 4.79 Å². The number of rotatable bonds is 4. The van der Waals surface area contributed by atoms with Crippen LogP contribution in [-0.4, -0.2) is 29.5 Å². The number of anilines is 1. The number of Topliss-reactive ketones (excluding diaryl/α,β-unsaturated/α-hetero) is 1. The SMILES string of the molecule is CSc1cc(C#N)ccc1[C@@H]1C2=C(CCCC2=O)N(c2cccc(C(F)(F)F)c2)C(=O)N1CC#N. The summed E-state index contributed by atoms with van der Waals surface area (Å²) in [6.07, 6.45) is -1.81. The van der Waals surface area contributed by atoms with Crippen molar-refractivity contribution < 1.29 is 22.8 Å². The van der Waals surface area contributed by atoms with Crippen LogP contribution in [0.25, 0.3) is 0 Å². The van der Waals surface area contributed by atoms with Crippen molar-refractivity contribution >= 4 is 29.3 Å². The van der Waals surface area contributed by atoms with Gasteiger partial charge in [0.2, 0.25) is 0 Å². The van der Waals surface area contributed by atoms with Crippen molar-refractivity contribution in [2.45, 2.75) is 36.4 Å². The smallest absolute Gasteiger partial charge is 0.299 e. The lowest BCUT2D eigenvalue weighted by Gasteiger charge is -2.44. The zero-order chi connectivity index (χ0) is 25.3. The fourth-order valence-corrected chi connectivity index (χ4v) is 5.21. The van der Waals surface area contributed by atoms with Gasteiger partial charge in [0, 0.05) is 22.6 Å². The van der Waals surface area contributed by atoms with Crippen LogP contribution in [0.4, 0.5) is 23.7 Å². The normalized spacial score (nSPS) is 18.3. The Hall–Kier alpha value is -3.76. The Bertz CT molecular complexity index is 1320. The maximum atomic E-state index is 13.8. The van der Waals surface area contributed by atoms with Crippen LogP contribution in [0.15, 0.2) is 58.6 Å². The predicted octanol–water partition coefficient (Wildman–Crippen LogP) is 5.81. The third kappa shape index (κ3) is 4.38. The number of hydrogen-bond acceptors (Lipinski definition) is 5. The van der Waals surface area contributed by atoms with Gasteiger partial charge < -0.3 is 0 Å². The molecule has 6 nitrogen and oxygen atoms in total. The number of allylic oxidation sites excluding steroid dienone is 1. The van der Waals surface area contributed by atoms with Crippen LogP contribution in [-0.2, 0) is 11.0 Å². The highest BCUT2D eigenvalue weighted by Gasteiger charge is 2.45.